The van der Waals surface area contributed by atoms with Crippen molar-refractivity contribution in [1.29, 1.82) is 0 Å². The minimum Gasteiger partial charge on any atom is -0.496 e. The van der Waals surface area contributed by atoms with Gasteiger partial charge in [0.15, 0.2) is 11.5 Å². The molecule has 1 aromatic carbocycles. The molecule has 0 aliphatic carbocycles. The molecule has 0 atom stereocenters. The third kappa shape index (κ3) is 1.93. The number of ether oxygens (including phenoxy) is 3. The molecule has 0 radical (unpaired) electrons. The van der Waals surface area contributed by atoms with Crippen molar-refractivity contribution in [3.8, 4) is 17.2 Å². The van der Waals surface area contributed by atoms with Crippen LogP contribution in [0.25, 0.3) is 6.08 Å². The largest absolute Gasteiger partial charge is 0.496 e. The Hall–Kier alpha value is -2.17. The van der Waals surface area contributed by atoms with Gasteiger partial charge in [0.1, 0.15) is 5.75 Å². The van der Waals surface area contributed by atoms with Gasteiger partial charge in [0.05, 0.1) is 7.11 Å². The molecule has 0 spiro atoms. The fraction of sp³-hybridized carbons (Fsp3) is 0.182. The van der Waals surface area contributed by atoms with Crippen LogP contribution in [-0.2, 0) is 4.79 Å². The average Bonchev–Trinajstić information content (AvgIpc) is 2.71. The lowest BCUT2D eigenvalue weighted by molar-refractivity contribution is -0.131. The molecule has 1 aliphatic heterocycles. The van der Waals surface area contributed by atoms with Gasteiger partial charge in [-0.05, 0) is 12.1 Å². The van der Waals surface area contributed by atoms with E-state index in [1.807, 2.05) is 0 Å². The van der Waals surface area contributed by atoms with Crippen LogP contribution in [-0.4, -0.2) is 25.0 Å². The summed E-state index contributed by atoms with van der Waals surface area (Å²) in [5.74, 6) is 0.719. The predicted molar refractivity (Wildman–Crippen MR) is 55.8 cm³/mol. The second kappa shape index (κ2) is 4.14. The Morgan fingerprint density at radius 2 is 2.12 bits per heavy atom. The van der Waals surface area contributed by atoms with E-state index in [1.54, 1.807) is 12.1 Å². The molecule has 5 heteroatoms. The molecule has 1 aliphatic rings. The molecule has 5 nitrogen and oxygen atoms in total. The lowest BCUT2D eigenvalue weighted by atomic mass is 10.1. The molecule has 0 fully saturated rings. The van der Waals surface area contributed by atoms with Crippen LogP contribution < -0.4 is 14.2 Å². The van der Waals surface area contributed by atoms with E-state index in [9.17, 15) is 4.79 Å². The first-order valence-electron chi connectivity index (χ1n) is 4.59. The van der Waals surface area contributed by atoms with E-state index in [-0.39, 0.29) is 6.79 Å². The summed E-state index contributed by atoms with van der Waals surface area (Å²) in [6.45, 7) is 0.171. The first-order valence-corrected chi connectivity index (χ1v) is 4.59. The summed E-state index contributed by atoms with van der Waals surface area (Å²) in [6, 6.07) is 3.35. The Morgan fingerprint density at radius 1 is 1.44 bits per heavy atom. The van der Waals surface area contributed by atoms with E-state index in [0.29, 0.717) is 22.8 Å². The Morgan fingerprint density at radius 3 is 2.75 bits per heavy atom. The summed E-state index contributed by atoms with van der Waals surface area (Å²) < 4.78 is 15.5. The summed E-state index contributed by atoms with van der Waals surface area (Å²) >= 11 is 0. The molecule has 0 unspecified atom stereocenters. The van der Waals surface area contributed by atoms with Crippen molar-refractivity contribution in [2.75, 3.05) is 13.9 Å². The molecule has 0 saturated heterocycles. The zero-order chi connectivity index (χ0) is 11.5. The van der Waals surface area contributed by atoms with Crippen molar-refractivity contribution in [3.05, 3.63) is 23.8 Å². The number of carboxylic acids is 1. The van der Waals surface area contributed by atoms with E-state index in [0.717, 1.165) is 6.08 Å². The van der Waals surface area contributed by atoms with Gasteiger partial charge in [-0.15, -0.1) is 0 Å². The van der Waals surface area contributed by atoms with Crippen LogP contribution in [0, 0.1) is 0 Å². The topological polar surface area (TPSA) is 65.0 Å². The summed E-state index contributed by atoms with van der Waals surface area (Å²) in [5, 5.41) is 8.55. The normalized spacial score (nSPS) is 13.1. The number of rotatable bonds is 3. The van der Waals surface area contributed by atoms with Crippen molar-refractivity contribution >= 4 is 12.0 Å². The molecule has 0 amide bonds. The number of carboxylic acid groups (broad SMARTS) is 1. The predicted octanol–water partition coefficient (Wildman–Crippen LogP) is 1.52. The molecular weight excluding hydrogens is 212 g/mol. The summed E-state index contributed by atoms with van der Waals surface area (Å²) in [7, 11) is 1.51. The first-order chi connectivity index (χ1) is 7.70. The van der Waals surface area contributed by atoms with Crippen molar-refractivity contribution in [2.45, 2.75) is 0 Å². The first kappa shape index (κ1) is 10.4. The van der Waals surface area contributed by atoms with Crippen LogP contribution in [0.1, 0.15) is 5.56 Å². The van der Waals surface area contributed by atoms with Gasteiger partial charge in [-0.2, -0.15) is 0 Å². The third-order valence-electron chi connectivity index (χ3n) is 2.13. The number of carbonyl (C=O) groups is 1. The third-order valence-corrected chi connectivity index (χ3v) is 2.13. The van der Waals surface area contributed by atoms with Gasteiger partial charge in [0.2, 0.25) is 6.79 Å². The SMILES string of the molecule is COc1cc2c(cc1C=CC(=O)O)OCO2. The smallest absolute Gasteiger partial charge is 0.328 e. The Kier molecular flexibility index (Phi) is 2.68. The molecule has 1 N–H and O–H groups in total. The molecule has 0 aromatic heterocycles. The number of hydrogen-bond donors (Lipinski definition) is 1. The van der Waals surface area contributed by atoms with Crippen molar-refractivity contribution in [3.63, 3.8) is 0 Å². The highest BCUT2D eigenvalue weighted by Gasteiger charge is 2.16. The van der Waals surface area contributed by atoms with Crippen molar-refractivity contribution in [1.82, 2.24) is 0 Å². The van der Waals surface area contributed by atoms with Gasteiger partial charge in [-0.1, -0.05) is 0 Å². The molecule has 0 bridgehead atoms. The monoisotopic (exact) mass is 222 g/mol. The van der Waals surface area contributed by atoms with Crippen LogP contribution in [0.2, 0.25) is 0 Å². The molecule has 2 rings (SSSR count). The number of benzene rings is 1. The van der Waals surface area contributed by atoms with E-state index >= 15 is 0 Å². The van der Waals surface area contributed by atoms with Crippen molar-refractivity contribution < 1.29 is 24.1 Å². The molecule has 84 valence electrons. The van der Waals surface area contributed by atoms with Crippen molar-refractivity contribution in [2.24, 2.45) is 0 Å². The molecule has 0 saturated carbocycles. The number of fused-ring (bicyclic) bond motifs is 1. The summed E-state index contributed by atoms with van der Waals surface area (Å²) in [6.07, 6.45) is 2.49. The molecule has 16 heavy (non-hydrogen) atoms. The second-order valence-electron chi connectivity index (χ2n) is 3.12. The van der Waals surface area contributed by atoms with Gasteiger partial charge in [0.25, 0.3) is 0 Å². The number of hydrogen-bond acceptors (Lipinski definition) is 4. The fourth-order valence-corrected chi connectivity index (χ4v) is 1.41. The molecule has 1 heterocycles. The lowest BCUT2D eigenvalue weighted by Crippen LogP contribution is -1.92. The Bertz CT molecular complexity index is 450. The molecular formula is C11H10O5. The van der Waals surface area contributed by atoms with E-state index < -0.39 is 5.97 Å². The quantitative estimate of drug-likeness (QED) is 0.785. The highest BCUT2D eigenvalue weighted by Crippen LogP contribution is 2.38. The van der Waals surface area contributed by atoms with Crippen LogP contribution in [0.5, 0.6) is 17.2 Å². The zero-order valence-electron chi connectivity index (χ0n) is 8.60. The highest BCUT2D eigenvalue weighted by atomic mass is 16.7. The standard InChI is InChI=1S/C11H10O5/c1-14-8-5-10-9(15-6-16-10)4-7(8)2-3-11(12)13/h2-5H,6H2,1H3,(H,12,13). The average molecular weight is 222 g/mol. The lowest BCUT2D eigenvalue weighted by Gasteiger charge is -2.05. The summed E-state index contributed by atoms with van der Waals surface area (Å²) in [4.78, 5) is 10.4. The van der Waals surface area contributed by atoms with E-state index in [4.69, 9.17) is 19.3 Å². The fourth-order valence-electron chi connectivity index (χ4n) is 1.41. The maximum atomic E-state index is 10.4. The summed E-state index contributed by atoms with van der Waals surface area (Å²) in [5.41, 5.74) is 0.633. The van der Waals surface area contributed by atoms with Gasteiger partial charge < -0.3 is 19.3 Å². The van der Waals surface area contributed by atoms with E-state index in [1.165, 1.54) is 13.2 Å². The Balaban J connectivity index is 2.39. The van der Waals surface area contributed by atoms with Gasteiger partial charge in [-0.3, -0.25) is 0 Å². The second-order valence-corrected chi connectivity index (χ2v) is 3.12. The van der Waals surface area contributed by atoms with Gasteiger partial charge >= 0.3 is 5.97 Å². The van der Waals surface area contributed by atoms with E-state index in [2.05, 4.69) is 0 Å². The van der Waals surface area contributed by atoms with Gasteiger partial charge in [-0.25, -0.2) is 4.79 Å². The maximum absolute atomic E-state index is 10.4. The van der Waals surface area contributed by atoms with Crippen LogP contribution in [0.3, 0.4) is 0 Å². The minimum atomic E-state index is -1.01. The maximum Gasteiger partial charge on any atom is 0.328 e. The van der Waals surface area contributed by atoms with Gasteiger partial charge in [0, 0.05) is 17.7 Å². The zero-order valence-corrected chi connectivity index (χ0v) is 8.60. The van der Waals surface area contributed by atoms with Crippen LogP contribution in [0.4, 0.5) is 0 Å². The highest BCUT2D eigenvalue weighted by molar-refractivity contribution is 5.86. The number of aliphatic carboxylic acids is 1. The number of methoxy groups -OCH3 is 1. The van der Waals surface area contributed by atoms with Crippen LogP contribution >= 0.6 is 0 Å². The van der Waals surface area contributed by atoms with Crippen LogP contribution in [0.15, 0.2) is 18.2 Å². The minimum absolute atomic E-state index is 0.171. The Labute approximate surface area is 91.9 Å². The molecule has 1 aromatic rings.